The molecule has 0 saturated carbocycles. The van der Waals surface area contributed by atoms with Crippen LogP contribution >= 0.6 is 11.3 Å². The predicted octanol–water partition coefficient (Wildman–Crippen LogP) is 4.07. The Labute approximate surface area is 130 Å². The Hall–Kier alpha value is -1.26. The van der Waals surface area contributed by atoms with Gasteiger partial charge in [0.25, 0.3) is 0 Å². The molecule has 2 rings (SSSR count). The molecule has 1 aromatic heterocycles. The lowest BCUT2D eigenvalue weighted by molar-refractivity contribution is 0.366. The first-order valence-electron chi connectivity index (χ1n) is 7.30. The number of halogens is 1. The van der Waals surface area contributed by atoms with Crippen LogP contribution in [-0.4, -0.2) is 17.1 Å². The van der Waals surface area contributed by atoms with Crippen molar-refractivity contribution in [3.05, 3.63) is 52.2 Å². The van der Waals surface area contributed by atoms with E-state index in [0.717, 1.165) is 30.0 Å². The average molecular weight is 306 g/mol. The van der Waals surface area contributed by atoms with Gasteiger partial charge in [-0.05, 0) is 57.4 Å². The van der Waals surface area contributed by atoms with Gasteiger partial charge in [-0.1, -0.05) is 12.1 Å². The van der Waals surface area contributed by atoms with Crippen molar-refractivity contribution >= 4 is 11.3 Å². The van der Waals surface area contributed by atoms with Crippen molar-refractivity contribution in [3.8, 4) is 0 Å². The van der Waals surface area contributed by atoms with Gasteiger partial charge >= 0.3 is 0 Å². The molecule has 1 N–H and O–H groups in total. The van der Waals surface area contributed by atoms with E-state index in [-0.39, 0.29) is 11.4 Å². The number of hydrogen-bond acceptors (Lipinski definition) is 3. The summed E-state index contributed by atoms with van der Waals surface area (Å²) in [6.45, 7) is 7.39. The topological polar surface area (TPSA) is 24.9 Å². The number of nitrogens with one attached hydrogen (secondary N) is 1. The van der Waals surface area contributed by atoms with Crippen molar-refractivity contribution in [2.24, 2.45) is 5.92 Å². The molecule has 21 heavy (non-hydrogen) atoms. The summed E-state index contributed by atoms with van der Waals surface area (Å²) in [5.74, 6) is 0.251. The summed E-state index contributed by atoms with van der Waals surface area (Å²) in [6.07, 6.45) is 3.63. The van der Waals surface area contributed by atoms with Crippen molar-refractivity contribution in [1.82, 2.24) is 10.3 Å². The molecule has 4 heteroatoms. The molecular formula is C17H23FN2S. The van der Waals surface area contributed by atoms with Crippen molar-refractivity contribution in [2.75, 3.05) is 6.54 Å². The van der Waals surface area contributed by atoms with Gasteiger partial charge in [-0.25, -0.2) is 9.37 Å². The second kappa shape index (κ2) is 7.14. The van der Waals surface area contributed by atoms with Crippen LogP contribution < -0.4 is 5.32 Å². The van der Waals surface area contributed by atoms with E-state index in [0.29, 0.717) is 5.92 Å². The van der Waals surface area contributed by atoms with Crippen LogP contribution in [0.1, 0.15) is 31.3 Å². The number of benzene rings is 1. The Balaban J connectivity index is 2.03. The molecule has 2 aromatic rings. The van der Waals surface area contributed by atoms with Crippen LogP contribution in [-0.2, 0) is 12.8 Å². The molecule has 1 aromatic carbocycles. The van der Waals surface area contributed by atoms with Gasteiger partial charge in [0.1, 0.15) is 5.82 Å². The third-order valence-electron chi connectivity index (χ3n) is 3.28. The van der Waals surface area contributed by atoms with E-state index in [1.807, 2.05) is 17.6 Å². The van der Waals surface area contributed by atoms with Crippen LogP contribution in [0.2, 0.25) is 0 Å². The van der Waals surface area contributed by atoms with Crippen LogP contribution in [0.3, 0.4) is 0 Å². The molecule has 0 bridgehead atoms. The van der Waals surface area contributed by atoms with Crippen molar-refractivity contribution in [3.63, 3.8) is 0 Å². The lowest BCUT2D eigenvalue weighted by Crippen LogP contribution is -2.40. The Morgan fingerprint density at radius 2 is 2.10 bits per heavy atom. The van der Waals surface area contributed by atoms with Gasteiger partial charge in [0, 0.05) is 23.5 Å². The Morgan fingerprint density at radius 1 is 1.29 bits per heavy atom. The smallest absolute Gasteiger partial charge is 0.123 e. The molecule has 0 radical (unpaired) electrons. The molecule has 0 saturated heterocycles. The van der Waals surface area contributed by atoms with Crippen molar-refractivity contribution in [2.45, 2.75) is 39.2 Å². The van der Waals surface area contributed by atoms with E-state index in [1.165, 1.54) is 6.07 Å². The molecule has 114 valence electrons. The van der Waals surface area contributed by atoms with Gasteiger partial charge in [-0.15, -0.1) is 11.3 Å². The fourth-order valence-corrected chi connectivity index (χ4v) is 3.00. The average Bonchev–Trinajstić information content (AvgIpc) is 2.88. The highest BCUT2D eigenvalue weighted by atomic mass is 32.1. The van der Waals surface area contributed by atoms with E-state index in [9.17, 15) is 4.39 Å². The Kier molecular flexibility index (Phi) is 5.48. The van der Waals surface area contributed by atoms with Crippen LogP contribution in [0.15, 0.2) is 35.8 Å². The molecule has 0 aliphatic carbocycles. The maximum Gasteiger partial charge on any atom is 0.123 e. The van der Waals surface area contributed by atoms with Crippen LogP contribution in [0.4, 0.5) is 4.39 Å². The molecule has 0 aliphatic rings. The fraction of sp³-hybridized carbons (Fsp3) is 0.471. The monoisotopic (exact) mass is 306 g/mol. The fourth-order valence-electron chi connectivity index (χ4n) is 2.27. The first-order chi connectivity index (χ1) is 9.92. The predicted molar refractivity (Wildman–Crippen MR) is 87.2 cm³/mol. The molecule has 0 spiro atoms. The number of hydrogen-bond donors (Lipinski definition) is 1. The van der Waals surface area contributed by atoms with E-state index >= 15 is 0 Å². The molecule has 2 nitrogen and oxygen atoms in total. The van der Waals surface area contributed by atoms with Gasteiger partial charge in [-0.3, -0.25) is 0 Å². The third kappa shape index (κ3) is 5.94. The summed E-state index contributed by atoms with van der Waals surface area (Å²) in [6, 6.07) is 6.90. The highest BCUT2D eigenvalue weighted by molar-refractivity contribution is 7.09. The minimum atomic E-state index is -0.163. The van der Waals surface area contributed by atoms with Gasteiger partial charge < -0.3 is 5.32 Å². The lowest BCUT2D eigenvalue weighted by atomic mass is 9.95. The van der Waals surface area contributed by atoms with Gasteiger partial charge in [0.2, 0.25) is 0 Å². The zero-order valence-corrected chi connectivity index (χ0v) is 13.7. The standard InChI is InChI=1S/C17H23FN2S/c1-17(2,3)20-12-14(11-16-19-7-8-21-16)9-13-5-4-6-15(18)10-13/h4-8,10,14,20H,9,11-12H2,1-3H3. The molecule has 0 aliphatic heterocycles. The molecule has 0 amide bonds. The van der Waals surface area contributed by atoms with Gasteiger partial charge in [-0.2, -0.15) is 0 Å². The summed E-state index contributed by atoms with van der Waals surface area (Å²) in [4.78, 5) is 4.38. The highest BCUT2D eigenvalue weighted by Gasteiger charge is 2.16. The zero-order valence-electron chi connectivity index (χ0n) is 12.9. The summed E-state index contributed by atoms with van der Waals surface area (Å²) in [7, 11) is 0. The Morgan fingerprint density at radius 3 is 2.71 bits per heavy atom. The SMILES string of the molecule is CC(C)(C)NCC(Cc1cccc(F)c1)Cc1nccs1. The first kappa shape index (κ1) is 16.1. The summed E-state index contributed by atoms with van der Waals surface area (Å²) >= 11 is 1.69. The molecule has 1 heterocycles. The van der Waals surface area contributed by atoms with Crippen LogP contribution in [0.5, 0.6) is 0 Å². The highest BCUT2D eigenvalue weighted by Crippen LogP contribution is 2.17. The Bertz CT molecular complexity index is 546. The van der Waals surface area contributed by atoms with Crippen LogP contribution in [0, 0.1) is 11.7 Å². The number of aromatic nitrogens is 1. The van der Waals surface area contributed by atoms with E-state index < -0.39 is 0 Å². The summed E-state index contributed by atoms with van der Waals surface area (Å²) in [5.41, 5.74) is 1.13. The zero-order chi connectivity index (χ0) is 15.3. The third-order valence-corrected chi connectivity index (χ3v) is 4.08. The maximum absolute atomic E-state index is 13.3. The quantitative estimate of drug-likeness (QED) is 0.870. The second-order valence-corrected chi connectivity index (χ2v) is 7.44. The molecule has 0 fully saturated rings. The van der Waals surface area contributed by atoms with E-state index in [1.54, 1.807) is 23.5 Å². The summed E-state index contributed by atoms with van der Waals surface area (Å²) in [5, 5.41) is 6.70. The van der Waals surface area contributed by atoms with Gasteiger partial charge in [0.15, 0.2) is 0 Å². The molecule has 1 unspecified atom stereocenters. The number of nitrogens with zero attached hydrogens (tertiary/aromatic N) is 1. The number of thiazole rings is 1. The van der Waals surface area contributed by atoms with Crippen LogP contribution in [0.25, 0.3) is 0 Å². The first-order valence-corrected chi connectivity index (χ1v) is 8.18. The second-order valence-electron chi connectivity index (χ2n) is 6.46. The van der Waals surface area contributed by atoms with Crippen molar-refractivity contribution < 1.29 is 4.39 Å². The lowest BCUT2D eigenvalue weighted by Gasteiger charge is -2.25. The minimum Gasteiger partial charge on any atom is -0.312 e. The molecular weight excluding hydrogens is 283 g/mol. The van der Waals surface area contributed by atoms with E-state index in [4.69, 9.17) is 0 Å². The number of rotatable bonds is 6. The normalized spacial score (nSPS) is 13.3. The molecule has 1 atom stereocenters. The van der Waals surface area contributed by atoms with E-state index in [2.05, 4.69) is 31.1 Å². The maximum atomic E-state index is 13.3. The van der Waals surface area contributed by atoms with Crippen molar-refractivity contribution in [1.29, 1.82) is 0 Å². The largest absolute Gasteiger partial charge is 0.312 e. The van der Waals surface area contributed by atoms with Gasteiger partial charge in [0.05, 0.1) is 5.01 Å². The minimum absolute atomic E-state index is 0.0864. The summed E-state index contributed by atoms with van der Waals surface area (Å²) < 4.78 is 13.3.